The van der Waals surface area contributed by atoms with E-state index in [-0.39, 0.29) is 0 Å². The number of hydrogen-bond donors (Lipinski definition) is 0. The topological polar surface area (TPSA) is 6.48 Å². The van der Waals surface area contributed by atoms with Crippen LogP contribution >= 0.6 is 0 Å². The Kier molecular flexibility index (Phi) is 5.89. The predicted molar refractivity (Wildman–Crippen MR) is 106 cm³/mol. The molecule has 0 unspecified atom stereocenters. The molecule has 2 fully saturated rings. The lowest BCUT2D eigenvalue weighted by molar-refractivity contribution is 0.0675. The van der Waals surface area contributed by atoms with Gasteiger partial charge in [-0.25, -0.2) is 0 Å². The first-order valence-electron chi connectivity index (χ1n) is 10.5. The van der Waals surface area contributed by atoms with Crippen LogP contribution in [0.1, 0.15) is 56.4 Å². The molecule has 2 nitrogen and oxygen atoms in total. The van der Waals surface area contributed by atoms with E-state index in [4.69, 9.17) is 0 Å². The lowest BCUT2D eigenvalue weighted by Crippen LogP contribution is -2.51. The molecule has 1 atom stereocenters. The third-order valence-corrected chi connectivity index (χ3v) is 6.79. The van der Waals surface area contributed by atoms with Crippen LogP contribution in [-0.4, -0.2) is 48.6 Å². The molecule has 1 aromatic carbocycles. The molecule has 2 heteroatoms. The third-order valence-electron chi connectivity index (χ3n) is 6.79. The van der Waals surface area contributed by atoms with E-state index in [1.165, 1.54) is 77.7 Å². The fraction of sp³-hybridized carbons (Fsp3) is 0.652. The van der Waals surface area contributed by atoms with Crippen LogP contribution in [0.3, 0.4) is 0 Å². The summed E-state index contributed by atoms with van der Waals surface area (Å²) in [5.74, 6) is 1.72. The minimum atomic E-state index is 0.804. The Bertz CT molecular complexity index is 536. The van der Waals surface area contributed by atoms with Gasteiger partial charge in [0.2, 0.25) is 0 Å². The highest BCUT2D eigenvalue weighted by Crippen LogP contribution is 2.35. The maximum absolute atomic E-state index is 2.80. The maximum Gasteiger partial charge on any atom is 0.0113 e. The molecule has 0 radical (unpaired) electrons. The van der Waals surface area contributed by atoms with Gasteiger partial charge in [0.05, 0.1) is 0 Å². The first-order chi connectivity index (χ1) is 12.4. The molecule has 4 rings (SSSR count). The third kappa shape index (κ3) is 4.54. The molecule has 25 heavy (non-hydrogen) atoms. The summed E-state index contributed by atoms with van der Waals surface area (Å²) in [6, 6.07) is 12.0. The quantitative estimate of drug-likeness (QED) is 0.735. The van der Waals surface area contributed by atoms with Gasteiger partial charge in [0.1, 0.15) is 0 Å². The molecule has 0 spiro atoms. The van der Waals surface area contributed by atoms with E-state index in [0.29, 0.717) is 0 Å². The number of hydrogen-bond acceptors (Lipinski definition) is 2. The van der Waals surface area contributed by atoms with E-state index in [1.54, 1.807) is 5.56 Å². The van der Waals surface area contributed by atoms with E-state index in [1.807, 2.05) is 0 Å². The van der Waals surface area contributed by atoms with Crippen LogP contribution in [0.25, 0.3) is 0 Å². The largest absolute Gasteiger partial charge is 0.301 e. The summed E-state index contributed by atoms with van der Waals surface area (Å²) in [5.41, 5.74) is 1.56. The molecule has 3 aliphatic rings. The highest BCUT2D eigenvalue weighted by atomic mass is 15.3. The van der Waals surface area contributed by atoms with Crippen LogP contribution in [0.2, 0.25) is 0 Å². The lowest BCUT2D eigenvalue weighted by Gasteiger charge is -2.43. The van der Waals surface area contributed by atoms with Crippen molar-refractivity contribution in [3.05, 3.63) is 48.0 Å². The lowest BCUT2D eigenvalue weighted by atomic mass is 9.81. The maximum atomic E-state index is 2.80. The van der Waals surface area contributed by atoms with Gasteiger partial charge in [-0.15, -0.1) is 0 Å². The molecule has 0 N–H and O–H groups in total. The molecular weight excluding hydrogens is 304 g/mol. The fourth-order valence-electron chi connectivity index (χ4n) is 5.20. The molecule has 1 heterocycles. The minimum absolute atomic E-state index is 0.804. The van der Waals surface area contributed by atoms with Crippen molar-refractivity contribution in [1.29, 1.82) is 0 Å². The van der Waals surface area contributed by atoms with Crippen molar-refractivity contribution in [3.8, 4) is 0 Å². The second-order valence-electron chi connectivity index (χ2n) is 8.40. The molecular formula is C23H34N2. The summed E-state index contributed by atoms with van der Waals surface area (Å²) < 4.78 is 0. The van der Waals surface area contributed by atoms with Gasteiger partial charge >= 0.3 is 0 Å². The van der Waals surface area contributed by atoms with Gasteiger partial charge in [0.25, 0.3) is 0 Å². The molecule has 1 aliphatic heterocycles. The van der Waals surface area contributed by atoms with E-state index >= 15 is 0 Å². The summed E-state index contributed by atoms with van der Waals surface area (Å²) in [4.78, 5) is 5.54. The highest BCUT2D eigenvalue weighted by Gasteiger charge is 2.29. The zero-order valence-corrected chi connectivity index (χ0v) is 15.7. The van der Waals surface area contributed by atoms with Gasteiger partial charge < -0.3 is 4.90 Å². The number of rotatable bonds is 4. The van der Waals surface area contributed by atoms with Gasteiger partial charge in [-0.1, -0.05) is 42.5 Å². The molecule has 0 bridgehead atoms. The smallest absolute Gasteiger partial charge is 0.0113 e. The van der Waals surface area contributed by atoms with Crippen molar-refractivity contribution in [3.63, 3.8) is 0 Å². The normalized spacial score (nSPS) is 31.9. The Hall–Kier alpha value is -1.12. The second kappa shape index (κ2) is 8.51. The summed E-state index contributed by atoms with van der Waals surface area (Å²) >= 11 is 0. The Balaban J connectivity index is 1.20. The van der Waals surface area contributed by atoms with E-state index < -0.39 is 0 Å². The average molecular weight is 339 g/mol. The van der Waals surface area contributed by atoms with Crippen LogP contribution in [0.4, 0.5) is 0 Å². The Morgan fingerprint density at radius 2 is 1.56 bits per heavy atom. The molecule has 0 amide bonds. The molecule has 0 aromatic heterocycles. The van der Waals surface area contributed by atoms with E-state index in [2.05, 4.69) is 52.3 Å². The zero-order chi connectivity index (χ0) is 16.9. The molecule has 1 saturated heterocycles. The van der Waals surface area contributed by atoms with Gasteiger partial charge in [-0.05, 0) is 62.3 Å². The second-order valence-corrected chi connectivity index (χ2v) is 8.40. The van der Waals surface area contributed by atoms with Gasteiger partial charge in [-0.2, -0.15) is 0 Å². The van der Waals surface area contributed by atoms with Crippen LogP contribution in [0, 0.1) is 5.92 Å². The van der Waals surface area contributed by atoms with Crippen molar-refractivity contribution in [2.45, 2.75) is 56.9 Å². The van der Waals surface area contributed by atoms with Gasteiger partial charge in [0, 0.05) is 38.8 Å². The number of nitrogens with zero attached hydrogens (tertiary/aromatic N) is 2. The molecule has 1 saturated carbocycles. The van der Waals surface area contributed by atoms with Crippen LogP contribution in [0.15, 0.2) is 42.5 Å². The Morgan fingerprint density at radius 3 is 2.24 bits per heavy atom. The van der Waals surface area contributed by atoms with Crippen molar-refractivity contribution in [1.82, 2.24) is 9.80 Å². The standard InChI is InChI=1S/C23H34N2/c1-3-7-20(8-4-1)19-24-15-17-25(18-16-24)23-13-11-22(12-14-23)21-9-5-2-6-10-21/h1-3,5-6,9-10,20,22-23H,4,7-8,11-19H2/t20-,22?,23?/m1/s1. The molecule has 2 aliphatic carbocycles. The van der Waals surface area contributed by atoms with E-state index in [0.717, 1.165) is 17.9 Å². The van der Waals surface area contributed by atoms with Crippen molar-refractivity contribution >= 4 is 0 Å². The average Bonchev–Trinajstić information content (AvgIpc) is 2.70. The summed E-state index contributed by atoms with van der Waals surface area (Å²) in [6.07, 6.45) is 14.3. The fourth-order valence-corrected chi connectivity index (χ4v) is 5.20. The Morgan fingerprint density at radius 1 is 0.800 bits per heavy atom. The van der Waals surface area contributed by atoms with Crippen molar-refractivity contribution in [2.75, 3.05) is 32.7 Å². The van der Waals surface area contributed by atoms with Crippen LogP contribution in [-0.2, 0) is 0 Å². The zero-order valence-electron chi connectivity index (χ0n) is 15.7. The first-order valence-corrected chi connectivity index (χ1v) is 10.5. The van der Waals surface area contributed by atoms with Gasteiger partial charge in [-0.3, -0.25) is 4.90 Å². The number of piperazine rings is 1. The minimum Gasteiger partial charge on any atom is -0.301 e. The number of allylic oxidation sites excluding steroid dienone is 2. The molecule has 136 valence electrons. The van der Waals surface area contributed by atoms with E-state index in [9.17, 15) is 0 Å². The first kappa shape index (κ1) is 17.3. The van der Waals surface area contributed by atoms with Crippen molar-refractivity contribution in [2.24, 2.45) is 5.92 Å². The SMILES string of the molecule is C1=CC[C@@H](CN2CCN(C3CCC(c4ccccc4)CC3)CC2)CC1. The van der Waals surface area contributed by atoms with Gasteiger partial charge in [0.15, 0.2) is 0 Å². The van der Waals surface area contributed by atoms with Crippen LogP contribution < -0.4 is 0 Å². The highest BCUT2D eigenvalue weighted by molar-refractivity contribution is 5.20. The predicted octanol–water partition coefficient (Wildman–Crippen LogP) is 4.69. The summed E-state index contributed by atoms with van der Waals surface area (Å²) in [6.45, 7) is 6.50. The summed E-state index contributed by atoms with van der Waals surface area (Å²) in [5, 5.41) is 0. The summed E-state index contributed by atoms with van der Waals surface area (Å²) in [7, 11) is 0. The Labute approximate surface area is 153 Å². The van der Waals surface area contributed by atoms with Crippen molar-refractivity contribution < 1.29 is 0 Å². The molecule has 1 aromatic rings. The monoisotopic (exact) mass is 338 g/mol. The number of benzene rings is 1. The van der Waals surface area contributed by atoms with Crippen LogP contribution in [0.5, 0.6) is 0 Å².